The standard InChI is InChI=1S/C18H15P.2CO.Ni/c1-4-10-16(11-5-1)19(17-12-6-2-7-13-17)18-14-8-3-9-15-18;2*1-2;/h1-15H;;;. The van der Waals surface area contributed by atoms with E-state index in [0.29, 0.717) is 0 Å². The Kier molecular flexibility index (Phi) is 12.2. The maximum absolute atomic E-state index is 7.50. The first kappa shape index (κ1) is 21.9. The van der Waals surface area contributed by atoms with E-state index in [1.54, 1.807) is 0 Å². The van der Waals surface area contributed by atoms with Gasteiger partial charge in [-0.2, -0.15) is 0 Å². The van der Waals surface area contributed by atoms with Crippen LogP contribution >= 0.6 is 7.92 Å². The fraction of sp³-hybridized carbons (Fsp3) is 0. The molecule has 0 amide bonds. The van der Waals surface area contributed by atoms with Crippen LogP contribution in [-0.2, 0) is 26.1 Å². The largest absolute Gasteiger partial charge is 0.281 e. The first-order valence-electron chi connectivity index (χ1n) is 6.81. The molecule has 0 aromatic heterocycles. The number of carbonyl (C=O) groups excluding carboxylic acids is 2. The van der Waals surface area contributed by atoms with Crippen LogP contribution in [0.2, 0.25) is 0 Å². The van der Waals surface area contributed by atoms with E-state index in [9.17, 15) is 0 Å². The van der Waals surface area contributed by atoms with Gasteiger partial charge in [0.2, 0.25) is 0 Å². The molecule has 0 N–H and O–H groups in total. The summed E-state index contributed by atoms with van der Waals surface area (Å²) in [5, 5.41) is 4.19. The molecule has 3 rings (SSSR count). The summed E-state index contributed by atoms with van der Waals surface area (Å²) >= 11 is 0. The number of rotatable bonds is 3. The van der Waals surface area contributed by atoms with E-state index in [1.165, 1.54) is 15.9 Å². The van der Waals surface area contributed by atoms with Gasteiger partial charge in [-0.25, -0.2) is 0 Å². The van der Waals surface area contributed by atoms with Crippen LogP contribution in [0.1, 0.15) is 0 Å². The van der Waals surface area contributed by atoms with Gasteiger partial charge in [0, 0.05) is 16.5 Å². The van der Waals surface area contributed by atoms with Crippen LogP contribution in [0.3, 0.4) is 0 Å². The third-order valence-electron chi connectivity index (χ3n) is 3.04. The summed E-state index contributed by atoms with van der Waals surface area (Å²) < 4.78 is 0. The van der Waals surface area contributed by atoms with Crippen molar-refractivity contribution in [3.63, 3.8) is 0 Å². The molecule has 0 spiro atoms. The molecule has 4 heteroatoms. The Hall–Kier alpha value is -2.08. The normalized spacial score (nSPS) is 8.71. The van der Waals surface area contributed by atoms with Crippen LogP contribution < -0.4 is 15.9 Å². The third-order valence-corrected chi connectivity index (χ3v) is 5.49. The monoisotopic (exact) mass is 376 g/mol. The average molecular weight is 377 g/mol. The number of benzene rings is 3. The first-order valence-corrected chi connectivity index (χ1v) is 8.15. The average Bonchev–Trinajstić information content (AvgIpc) is 2.68. The summed E-state index contributed by atoms with van der Waals surface area (Å²) in [7, 11) is -0.446. The summed E-state index contributed by atoms with van der Waals surface area (Å²) in [6.07, 6.45) is 0. The van der Waals surface area contributed by atoms with Crippen molar-refractivity contribution in [1.29, 1.82) is 0 Å². The quantitative estimate of drug-likeness (QED) is 0.520. The molecule has 122 valence electrons. The van der Waals surface area contributed by atoms with E-state index >= 15 is 0 Å². The second kappa shape index (κ2) is 13.4. The molecule has 3 aromatic rings. The molecule has 0 saturated carbocycles. The molecule has 0 aliphatic heterocycles. The second-order valence-electron chi connectivity index (χ2n) is 4.34. The fourth-order valence-electron chi connectivity index (χ4n) is 2.18. The Morgan fingerprint density at radius 1 is 0.458 bits per heavy atom. The van der Waals surface area contributed by atoms with Crippen LogP contribution in [-0.4, -0.2) is 13.6 Å². The van der Waals surface area contributed by atoms with Crippen LogP contribution in [0.15, 0.2) is 91.0 Å². The van der Waals surface area contributed by atoms with Crippen LogP contribution in [0, 0.1) is 0 Å². The summed E-state index contributed by atoms with van der Waals surface area (Å²) in [4.78, 5) is 15.0. The maximum atomic E-state index is 7.50. The summed E-state index contributed by atoms with van der Waals surface area (Å²) in [5.74, 6) is 0. The Bertz CT molecular complexity index is 567. The van der Waals surface area contributed by atoms with Gasteiger partial charge >= 0.3 is 0 Å². The maximum Gasteiger partial charge on any atom is 0.281 e. The van der Waals surface area contributed by atoms with Gasteiger partial charge < -0.3 is 0 Å². The van der Waals surface area contributed by atoms with Crippen molar-refractivity contribution >= 4 is 37.4 Å². The van der Waals surface area contributed by atoms with Gasteiger partial charge in [-0.15, -0.1) is 0 Å². The number of hydrogen-bond donors (Lipinski definition) is 0. The molecular weight excluding hydrogens is 362 g/mol. The van der Waals surface area contributed by atoms with Crippen LogP contribution in [0.25, 0.3) is 0 Å². The summed E-state index contributed by atoms with van der Waals surface area (Å²) in [6, 6.07) is 32.3. The van der Waals surface area contributed by atoms with E-state index < -0.39 is 7.92 Å². The molecule has 4 radical (unpaired) electrons. The van der Waals surface area contributed by atoms with Crippen LogP contribution in [0.5, 0.6) is 0 Å². The first-order chi connectivity index (χ1) is 11.4. The molecule has 0 aliphatic rings. The minimum atomic E-state index is -0.446. The molecule has 0 bridgehead atoms. The van der Waals surface area contributed by atoms with Gasteiger partial charge in [0.25, 0.3) is 13.6 Å². The number of hydrogen-bond acceptors (Lipinski definition) is 2. The molecule has 0 atom stereocenters. The van der Waals surface area contributed by atoms with Crippen molar-refractivity contribution in [2.24, 2.45) is 0 Å². The molecule has 24 heavy (non-hydrogen) atoms. The van der Waals surface area contributed by atoms with E-state index in [0.717, 1.165) is 0 Å². The molecule has 0 unspecified atom stereocenters. The SMILES string of the molecule is [C]=O.[C]=O.[Ni].c1ccc(P(c2ccccc2)c2ccccc2)cc1. The summed E-state index contributed by atoms with van der Waals surface area (Å²) in [5.41, 5.74) is 0. The zero-order chi connectivity index (χ0) is 16.9. The van der Waals surface area contributed by atoms with Gasteiger partial charge in [0.15, 0.2) is 0 Å². The Morgan fingerprint density at radius 3 is 0.875 bits per heavy atom. The summed E-state index contributed by atoms with van der Waals surface area (Å²) in [6.45, 7) is 9.00. The van der Waals surface area contributed by atoms with Crippen molar-refractivity contribution in [3.05, 3.63) is 91.0 Å². The van der Waals surface area contributed by atoms with Crippen molar-refractivity contribution in [2.75, 3.05) is 0 Å². The smallest absolute Gasteiger partial charge is 0.281 e. The Labute approximate surface area is 154 Å². The van der Waals surface area contributed by atoms with E-state index in [2.05, 4.69) is 105 Å². The topological polar surface area (TPSA) is 34.1 Å². The minimum Gasteiger partial charge on any atom is -0.281 e. The molecule has 0 aliphatic carbocycles. The van der Waals surface area contributed by atoms with Gasteiger partial charge in [-0.3, -0.25) is 9.59 Å². The molecule has 0 saturated heterocycles. The van der Waals surface area contributed by atoms with Gasteiger partial charge in [0.05, 0.1) is 0 Å². The zero-order valence-corrected chi connectivity index (χ0v) is 14.6. The molecule has 2 nitrogen and oxygen atoms in total. The minimum absolute atomic E-state index is 0. The van der Waals surface area contributed by atoms with E-state index in [4.69, 9.17) is 9.59 Å². The van der Waals surface area contributed by atoms with Crippen molar-refractivity contribution in [2.45, 2.75) is 0 Å². The van der Waals surface area contributed by atoms with Gasteiger partial charge in [0.1, 0.15) is 0 Å². The van der Waals surface area contributed by atoms with Crippen molar-refractivity contribution < 1.29 is 26.1 Å². The van der Waals surface area contributed by atoms with E-state index in [-0.39, 0.29) is 16.5 Å². The predicted octanol–water partition coefficient (Wildman–Crippen LogP) is 2.65. The fourth-order valence-corrected chi connectivity index (χ4v) is 4.48. The van der Waals surface area contributed by atoms with E-state index in [1.807, 2.05) is 0 Å². The van der Waals surface area contributed by atoms with Crippen molar-refractivity contribution in [1.82, 2.24) is 0 Å². The van der Waals surface area contributed by atoms with Gasteiger partial charge in [-0.05, 0) is 23.8 Å². The predicted molar refractivity (Wildman–Crippen MR) is 96.5 cm³/mol. The van der Waals surface area contributed by atoms with Crippen LogP contribution in [0.4, 0.5) is 0 Å². The van der Waals surface area contributed by atoms with Crippen molar-refractivity contribution in [3.8, 4) is 0 Å². The molecule has 0 heterocycles. The molecular formula is C20H15NiO2P. The van der Waals surface area contributed by atoms with Gasteiger partial charge in [-0.1, -0.05) is 91.0 Å². The second-order valence-corrected chi connectivity index (χ2v) is 6.56. The Balaban J connectivity index is 0.000000987. The zero-order valence-electron chi connectivity index (χ0n) is 12.7. The Morgan fingerprint density at radius 2 is 0.667 bits per heavy atom. The third kappa shape index (κ3) is 6.20. The molecule has 3 aromatic carbocycles. The molecule has 0 fully saturated rings.